The lowest BCUT2D eigenvalue weighted by Crippen LogP contribution is -2.15. The molecule has 0 heterocycles. The van der Waals surface area contributed by atoms with E-state index in [1.807, 2.05) is 0 Å². The molecule has 2 rings (SSSR count). The average Bonchev–Trinajstić information content (AvgIpc) is 2.37. The molecule has 3 N–H and O–H groups in total. The van der Waals surface area contributed by atoms with Crippen LogP contribution < -0.4 is 10.5 Å². The maximum Gasteiger partial charge on any atom is 0.238 e. The van der Waals surface area contributed by atoms with Gasteiger partial charge in [-0.2, -0.15) is 0 Å². The lowest BCUT2D eigenvalue weighted by Gasteiger charge is -2.07. The Hall–Kier alpha value is -1.83. The molecule has 7 heteroatoms. The van der Waals surface area contributed by atoms with Gasteiger partial charge in [0, 0.05) is 19.2 Å². The zero-order valence-corrected chi connectivity index (χ0v) is 11.8. The van der Waals surface area contributed by atoms with Crippen LogP contribution in [0.4, 0.5) is 8.78 Å². The third kappa shape index (κ3) is 4.59. The minimum absolute atomic E-state index is 0.0265. The third-order valence-electron chi connectivity index (χ3n) is 2.81. The first-order chi connectivity index (χ1) is 9.84. The molecule has 0 aliphatic heterocycles. The van der Waals surface area contributed by atoms with Crippen molar-refractivity contribution in [3.05, 3.63) is 65.2 Å². The van der Waals surface area contributed by atoms with Crippen molar-refractivity contribution in [1.29, 1.82) is 0 Å². The third-order valence-corrected chi connectivity index (χ3v) is 3.72. The summed E-state index contributed by atoms with van der Waals surface area (Å²) in [6, 6.07) is 9.44. The van der Waals surface area contributed by atoms with Gasteiger partial charge in [-0.1, -0.05) is 12.1 Å². The smallest absolute Gasteiger partial charge is 0.238 e. The minimum atomic E-state index is -3.74. The maximum absolute atomic E-state index is 13.0. The molecule has 2 aromatic rings. The lowest BCUT2D eigenvalue weighted by atomic mass is 10.2. The van der Waals surface area contributed by atoms with Gasteiger partial charge in [0.05, 0.1) is 4.90 Å². The Labute approximate surface area is 121 Å². The Morgan fingerprint density at radius 1 is 0.952 bits per heavy atom. The Kier molecular flexibility index (Phi) is 4.66. The topological polar surface area (TPSA) is 72.2 Å². The van der Waals surface area contributed by atoms with Gasteiger partial charge in [-0.15, -0.1) is 0 Å². The van der Waals surface area contributed by atoms with Gasteiger partial charge >= 0.3 is 0 Å². The number of hydrogen-bond donors (Lipinski definition) is 2. The standard InChI is InChI=1S/C14H14F2N2O2S/c15-12-4-11(5-13(16)7-12)9-18-8-10-2-1-3-14(6-10)21(17,19)20/h1-7,18H,8-9H2,(H2,17,19,20). The summed E-state index contributed by atoms with van der Waals surface area (Å²) in [4.78, 5) is 0.0265. The van der Waals surface area contributed by atoms with Crippen molar-refractivity contribution in [1.82, 2.24) is 5.32 Å². The summed E-state index contributed by atoms with van der Waals surface area (Å²) in [5.74, 6) is -1.27. The summed E-state index contributed by atoms with van der Waals surface area (Å²) in [5.41, 5.74) is 1.17. The number of nitrogens with one attached hydrogen (secondary N) is 1. The molecule has 0 spiro atoms. The van der Waals surface area contributed by atoms with Gasteiger partial charge in [0.25, 0.3) is 0 Å². The van der Waals surface area contributed by atoms with Crippen LogP contribution in [0.5, 0.6) is 0 Å². The summed E-state index contributed by atoms with van der Waals surface area (Å²) in [7, 11) is -3.74. The molecule has 0 aliphatic carbocycles. The van der Waals surface area contributed by atoms with Gasteiger partial charge < -0.3 is 5.32 Å². The zero-order chi connectivity index (χ0) is 15.5. The highest BCUT2D eigenvalue weighted by molar-refractivity contribution is 7.89. The van der Waals surface area contributed by atoms with Crippen LogP contribution in [0, 0.1) is 11.6 Å². The highest BCUT2D eigenvalue weighted by Crippen LogP contribution is 2.11. The molecule has 0 saturated heterocycles. The molecule has 112 valence electrons. The van der Waals surface area contributed by atoms with Crippen LogP contribution in [0.15, 0.2) is 47.4 Å². The number of halogens is 2. The van der Waals surface area contributed by atoms with E-state index in [0.29, 0.717) is 17.7 Å². The normalized spacial score (nSPS) is 11.6. The molecule has 0 atom stereocenters. The number of sulfonamides is 1. The lowest BCUT2D eigenvalue weighted by molar-refractivity contribution is 0.575. The first-order valence-corrected chi connectivity index (χ1v) is 7.67. The van der Waals surface area contributed by atoms with Crippen LogP contribution in [-0.4, -0.2) is 8.42 Å². The summed E-state index contributed by atoms with van der Waals surface area (Å²) in [5, 5.41) is 8.03. The molecular formula is C14H14F2N2O2S. The number of rotatable bonds is 5. The van der Waals surface area contributed by atoms with Crippen molar-refractivity contribution in [3.8, 4) is 0 Å². The van der Waals surface area contributed by atoms with Crippen LogP contribution in [0.25, 0.3) is 0 Å². The van der Waals surface area contributed by atoms with Crippen LogP contribution >= 0.6 is 0 Å². The summed E-state index contributed by atoms with van der Waals surface area (Å²) < 4.78 is 48.5. The minimum Gasteiger partial charge on any atom is -0.309 e. The first-order valence-electron chi connectivity index (χ1n) is 6.12. The van der Waals surface area contributed by atoms with Crippen molar-refractivity contribution in [3.63, 3.8) is 0 Å². The number of nitrogens with two attached hydrogens (primary N) is 1. The fourth-order valence-corrected chi connectivity index (χ4v) is 2.48. The van der Waals surface area contributed by atoms with E-state index in [4.69, 9.17) is 5.14 Å². The van der Waals surface area contributed by atoms with E-state index in [1.54, 1.807) is 12.1 Å². The van der Waals surface area contributed by atoms with Gasteiger partial charge in [0.2, 0.25) is 10.0 Å². The summed E-state index contributed by atoms with van der Waals surface area (Å²) in [6.45, 7) is 0.607. The number of primary sulfonamides is 1. The van der Waals surface area contributed by atoms with E-state index in [0.717, 1.165) is 6.07 Å². The van der Waals surface area contributed by atoms with Crippen molar-refractivity contribution in [2.45, 2.75) is 18.0 Å². The van der Waals surface area contributed by atoms with E-state index in [9.17, 15) is 17.2 Å². The second kappa shape index (κ2) is 6.30. The van der Waals surface area contributed by atoms with Gasteiger partial charge in [0.15, 0.2) is 0 Å². The van der Waals surface area contributed by atoms with Crippen LogP contribution in [0.2, 0.25) is 0 Å². The maximum atomic E-state index is 13.0. The van der Waals surface area contributed by atoms with Crippen molar-refractivity contribution in [2.75, 3.05) is 0 Å². The SMILES string of the molecule is NS(=O)(=O)c1cccc(CNCc2cc(F)cc(F)c2)c1. The van der Waals surface area contributed by atoms with E-state index in [1.165, 1.54) is 24.3 Å². The van der Waals surface area contributed by atoms with Crippen LogP contribution in [-0.2, 0) is 23.1 Å². The van der Waals surface area contributed by atoms with E-state index in [2.05, 4.69) is 5.32 Å². The number of benzene rings is 2. The predicted octanol–water partition coefficient (Wildman–Crippen LogP) is 1.90. The summed E-state index contributed by atoms with van der Waals surface area (Å²) >= 11 is 0. The largest absolute Gasteiger partial charge is 0.309 e. The van der Waals surface area contributed by atoms with Crippen molar-refractivity contribution < 1.29 is 17.2 Å². The Bertz CT molecular complexity index is 728. The van der Waals surface area contributed by atoms with Crippen molar-refractivity contribution >= 4 is 10.0 Å². The second-order valence-corrected chi connectivity index (χ2v) is 6.14. The molecule has 0 radical (unpaired) electrons. The summed E-state index contributed by atoms with van der Waals surface area (Å²) in [6.07, 6.45) is 0. The molecule has 21 heavy (non-hydrogen) atoms. The van der Waals surface area contributed by atoms with E-state index in [-0.39, 0.29) is 11.4 Å². The highest BCUT2D eigenvalue weighted by Gasteiger charge is 2.07. The van der Waals surface area contributed by atoms with Gasteiger partial charge in [-0.25, -0.2) is 22.3 Å². The molecule has 0 amide bonds. The molecule has 0 saturated carbocycles. The molecule has 0 bridgehead atoms. The van der Waals surface area contributed by atoms with Crippen LogP contribution in [0.1, 0.15) is 11.1 Å². The van der Waals surface area contributed by atoms with E-state index < -0.39 is 21.7 Å². The predicted molar refractivity (Wildman–Crippen MR) is 74.7 cm³/mol. The molecule has 0 unspecified atom stereocenters. The fraction of sp³-hybridized carbons (Fsp3) is 0.143. The van der Waals surface area contributed by atoms with Crippen LogP contribution in [0.3, 0.4) is 0 Å². The van der Waals surface area contributed by atoms with Crippen molar-refractivity contribution in [2.24, 2.45) is 5.14 Å². The molecule has 0 aromatic heterocycles. The Balaban J connectivity index is 2.00. The fourth-order valence-electron chi connectivity index (χ4n) is 1.90. The van der Waals surface area contributed by atoms with Gasteiger partial charge in [0.1, 0.15) is 11.6 Å². The molecule has 4 nitrogen and oxygen atoms in total. The molecular weight excluding hydrogens is 298 g/mol. The van der Waals surface area contributed by atoms with E-state index >= 15 is 0 Å². The Morgan fingerprint density at radius 2 is 1.57 bits per heavy atom. The Morgan fingerprint density at radius 3 is 2.19 bits per heavy atom. The highest BCUT2D eigenvalue weighted by atomic mass is 32.2. The first kappa shape index (κ1) is 15.6. The van der Waals surface area contributed by atoms with Gasteiger partial charge in [-0.3, -0.25) is 0 Å². The molecule has 0 aliphatic rings. The van der Waals surface area contributed by atoms with Gasteiger partial charge in [-0.05, 0) is 35.4 Å². The molecule has 2 aromatic carbocycles. The quantitative estimate of drug-likeness (QED) is 0.886. The average molecular weight is 312 g/mol. The second-order valence-electron chi connectivity index (χ2n) is 4.57. The molecule has 0 fully saturated rings. The number of hydrogen-bond acceptors (Lipinski definition) is 3. The monoisotopic (exact) mass is 312 g/mol. The zero-order valence-electron chi connectivity index (χ0n) is 11.0.